The van der Waals surface area contributed by atoms with E-state index in [9.17, 15) is 4.79 Å². The third-order valence-electron chi connectivity index (χ3n) is 2.18. The van der Waals surface area contributed by atoms with E-state index in [1.54, 1.807) is 0 Å². The van der Waals surface area contributed by atoms with Gasteiger partial charge < -0.3 is 9.63 Å². The second-order valence-corrected chi connectivity index (χ2v) is 4.09. The minimum Gasteiger partial charge on any atom is -0.478 e. The second kappa shape index (κ2) is 4.49. The van der Waals surface area contributed by atoms with Crippen molar-refractivity contribution in [3.63, 3.8) is 0 Å². The lowest BCUT2D eigenvalue weighted by atomic mass is 10.1. The average molecular weight is 282 g/mol. The van der Waals surface area contributed by atoms with Crippen molar-refractivity contribution in [2.24, 2.45) is 0 Å². The Morgan fingerprint density at radius 1 is 1.44 bits per heavy atom. The zero-order valence-corrected chi connectivity index (χ0v) is 9.77. The lowest BCUT2D eigenvalue weighted by Gasteiger charge is -2.01. The molecule has 0 aliphatic heterocycles. The summed E-state index contributed by atoms with van der Waals surface area (Å²) < 4.78 is 5.85. The predicted molar refractivity (Wildman–Crippen MR) is 60.4 cm³/mol. The molecule has 0 aliphatic carbocycles. The summed E-state index contributed by atoms with van der Waals surface area (Å²) in [7, 11) is 0. The first-order valence-electron chi connectivity index (χ1n) is 4.58. The van der Waals surface area contributed by atoms with Gasteiger partial charge in [0, 0.05) is 10.9 Å². The van der Waals surface area contributed by atoms with Crippen molar-refractivity contribution < 1.29 is 14.4 Å². The van der Waals surface area contributed by atoms with Crippen LogP contribution < -0.4 is 0 Å². The van der Waals surface area contributed by atoms with Crippen LogP contribution in [0.2, 0.25) is 0 Å². The molecule has 0 unspecified atom stereocenters. The number of hydrogen-bond acceptors (Lipinski definition) is 3. The van der Waals surface area contributed by atoms with Crippen LogP contribution in [0.1, 0.15) is 21.7 Å². The molecule has 1 heterocycles. The van der Waals surface area contributed by atoms with Crippen molar-refractivity contribution in [2.45, 2.75) is 6.42 Å². The molecule has 82 valence electrons. The molecule has 0 aliphatic rings. The molecule has 5 heteroatoms. The quantitative estimate of drug-likeness (QED) is 0.940. The van der Waals surface area contributed by atoms with Crippen LogP contribution in [0.4, 0.5) is 0 Å². The zero-order chi connectivity index (χ0) is 11.5. The Hall–Kier alpha value is -1.62. The first-order valence-corrected chi connectivity index (χ1v) is 5.38. The normalized spacial score (nSPS) is 10.3. The number of aromatic carboxylic acids is 1. The maximum Gasteiger partial charge on any atom is 0.340 e. The summed E-state index contributed by atoms with van der Waals surface area (Å²) in [6, 6.07) is 7.58. The van der Waals surface area contributed by atoms with Gasteiger partial charge in [0.1, 0.15) is 5.56 Å². The standard InChI is InChI=1S/C11H8BrNO3/c12-9-4-2-1-3-7(9)5-10-8(11(14)15)6-13-16-10/h1-4,6H,5H2,(H,14,15). The number of hydrogen-bond donors (Lipinski definition) is 1. The van der Waals surface area contributed by atoms with Gasteiger partial charge in [-0.15, -0.1) is 0 Å². The van der Waals surface area contributed by atoms with E-state index in [1.807, 2.05) is 24.3 Å². The first-order chi connectivity index (χ1) is 7.68. The van der Waals surface area contributed by atoms with Crippen LogP contribution in [-0.2, 0) is 6.42 Å². The topological polar surface area (TPSA) is 63.3 Å². The molecule has 0 bridgehead atoms. The van der Waals surface area contributed by atoms with Crippen molar-refractivity contribution in [3.8, 4) is 0 Å². The Morgan fingerprint density at radius 3 is 2.88 bits per heavy atom. The van der Waals surface area contributed by atoms with E-state index in [0.717, 1.165) is 10.0 Å². The molecule has 0 atom stereocenters. The highest BCUT2D eigenvalue weighted by Gasteiger charge is 2.15. The van der Waals surface area contributed by atoms with Gasteiger partial charge in [-0.05, 0) is 11.6 Å². The summed E-state index contributed by atoms with van der Waals surface area (Å²) in [6.07, 6.45) is 1.62. The van der Waals surface area contributed by atoms with E-state index in [1.165, 1.54) is 6.20 Å². The Balaban J connectivity index is 2.31. The molecular weight excluding hydrogens is 274 g/mol. The van der Waals surface area contributed by atoms with Crippen LogP contribution in [0.15, 0.2) is 39.5 Å². The van der Waals surface area contributed by atoms with Crippen LogP contribution in [0.3, 0.4) is 0 Å². The van der Waals surface area contributed by atoms with E-state index in [0.29, 0.717) is 12.2 Å². The fraction of sp³-hybridized carbons (Fsp3) is 0.0909. The van der Waals surface area contributed by atoms with Crippen LogP contribution >= 0.6 is 15.9 Å². The SMILES string of the molecule is O=C(O)c1cnoc1Cc1ccccc1Br. The third kappa shape index (κ3) is 2.14. The molecule has 0 saturated carbocycles. The molecule has 1 aromatic heterocycles. The smallest absolute Gasteiger partial charge is 0.340 e. The Morgan fingerprint density at radius 2 is 2.19 bits per heavy atom. The number of carbonyl (C=O) groups is 1. The Bertz CT molecular complexity index is 521. The summed E-state index contributed by atoms with van der Waals surface area (Å²) in [5.41, 5.74) is 1.07. The molecule has 16 heavy (non-hydrogen) atoms. The van der Waals surface area contributed by atoms with Gasteiger partial charge >= 0.3 is 5.97 Å². The van der Waals surface area contributed by atoms with E-state index < -0.39 is 5.97 Å². The van der Waals surface area contributed by atoms with Gasteiger partial charge in [-0.25, -0.2) is 4.79 Å². The molecule has 1 aromatic carbocycles. The highest BCUT2D eigenvalue weighted by Crippen LogP contribution is 2.21. The van der Waals surface area contributed by atoms with Gasteiger partial charge in [0.15, 0.2) is 5.76 Å². The van der Waals surface area contributed by atoms with Crippen LogP contribution in [-0.4, -0.2) is 16.2 Å². The predicted octanol–water partition coefficient (Wildman–Crippen LogP) is 2.73. The van der Waals surface area contributed by atoms with Crippen molar-refractivity contribution in [3.05, 3.63) is 51.8 Å². The number of aromatic nitrogens is 1. The second-order valence-electron chi connectivity index (χ2n) is 3.24. The van der Waals surface area contributed by atoms with Crippen molar-refractivity contribution in [2.75, 3.05) is 0 Å². The maximum absolute atomic E-state index is 10.8. The van der Waals surface area contributed by atoms with Gasteiger partial charge in [-0.2, -0.15) is 0 Å². The van der Waals surface area contributed by atoms with Crippen LogP contribution in [0.25, 0.3) is 0 Å². The number of benzene rings is 1. The summed E-state index contributed by atoms with van der Waals surface area (Å²) in [5, 5.41) is 12.4. The number of carboxylic acids is 1. The highest BCUT2D eigenvalue weighted by atomic mass is 79.9. The highest BCUT2D eigenvalue weighted by molar-refractivity contribution is 9.10. The van der Waals surface area contributed by atoms with E-state index in [2.05, 4.69) is 21.1 Å². The van der Waals surface area contributed by atoms with E-state index in [4.69, 9.17) is 9.63 Å². The molecule has 0 saturated heterocycles. The van der Waals surface area contributed by atoms with Gasteiger partial charge in [-0.3, -0.25) is 0 Å². The molecule has 0 spiro atoms. The van der Waals surface area contributed by atoms with Crippen molar-refractivity contribution in [1.82, 2.24) is 5.16 Å². The summed E-state index contributed by atoms with van der Waals surface area (Å²) >= 11 is 3.39. The molecular formula is C11H8BrNO3. The molecule has 0 radical (unpaired) electrons. The third-order valence-corrected chi connectivity index (χ3v) is 2.96. The van der Waals surface area contributed by atoms with Crippen molar-refractivity contribution in [1.29, 1.82) is 0 Å². The number of rotatable bonds is 3. The molecule has 2 rings (SSSR count). The number of nitrogens with zero attached hydrogens (tertiary/aromatic N) is 1. The fourth-order valence-corrected chi connectivity index (χ4v) is 1.81. The summed E-state index contributed by atoms with van der Waals surface area (Å²) in [6.45, 7) is 0. The van der Waals surface area contributed by atoms with Gasteiger partial charge in [0.25, 0.3) is 0 Å². The Labute approximate surface area is 100 Å². The average Bonchev–Trinajstić information content (AvgIpc) is 2.69. The monoisotopic (exact) mass is 281 g/mol. The lowest BCUT2D eigenvalue weighted by Crippen LogP contribution is -1.99. The largest absolute Gasteiger partial charge is 0.478 e. The molecule has 1 N–H and O–H groups in total. The summed E-state index contributed by atoms with van der Waals surface area (Å²) in [5.74, 6) is -0.664. The van der Waals surface area contributed by atoms with Gasteiger partial charge in [-0.1, -0.05) is 39.3 Å². The minimum atomic E-state index is -1.02. The zero-order valence-electron chi connectivity index (χ0n) is 8.18. The number of halogens is 1. The number of carboxylic acid groups (broad SMARTS) is 1. The fourth-order valence-electron chi connectivity index (χ4n) is 1.38. The molecule has 0 fully saturated rings. The van der Waals surface area contributed by atoms with Crippen LogP contribution in [0, 0.1) is 0 Å². The van der Waals surface area contributed by atoms with Crippen molar-refractivity contribution >= 4 is 21.9 Å². The van der Waals surface area contributed by atoms with Gasteiger partial charge in [0.2, 0.25) is 0 Å². The van der Waals surface area contributed by atoms with E-state index in [-0.39, 0.29) is 5.56 Å². The lowest BCUT2D eigenvalue weighted by molar-refractivity contribution is 0.0694. The maximum atomic E-state index is 10.8. The Kier molecular flexibility index (Phi) is 3.05. The molecule has 0 amide bonds. The van der Waals surface area contributed by atoms with Crippen LogP contribution in [0.5, 0.6) is 0 Å². The molecule has 2 aromatic rings. The molecule has 4 nitrogen and oxygen atoms in total. The van der Waals surface area contributed by atoms with Gasteiger partial charge in [0.05, 0.1) is 6.20 Å². The van der Waals surface area contributed by atoms with E-state index >= 15 is 0 Å². The summed E-state index contributed by atoms with van der Waals surface area (Å²) in [4.78, 5) is 10.8. The first kappa shape index (κ1) is 10.9. The minimum absolute atomic E-state index is 0.107.